The first kappa shape index (κ1) is 19.9. The number of carbonyl (C=O) groups is 1. The second-order valence-corrected chi connectivity index (χ2v) is 7.04. The van der Waals surface area contributed by atoms with Crippen molar-refractivity contribution in [2.45, 2.75) is 32.2 Å². The maximum absolute atomic E-state index is 13.2. The van der Waals surface area contributed by atoms with Crippen LogP contribution in [0.1, 0.15) is 37.3 Å². The van der Waals surface area contributed by atoms with E-state index in [2.05, 4.69) is 15.2 Å². The molecule has 0 radical (unpaired) electrons. The zero-order chi connectivity index (χ0) is 20.9. The molecular weight excluding hydrogens is 392 g/mol. The minimum atomic E-state index is -2.82. The summed E-state index contributed by atoms with van der Waals surface area (Å²) in [6, 6.07) is 12.8. The van der Waals surface area contributed by atoms with Crippen LogP contribution in [0.2, 0.25) is 0 Å². The fourth-order valence-electron chi connectivity index (χ4n) is 3.38. The predicted octanol–water partition coefficient (Wildman–Crippen LogP) is 4.68. The molecule has 4 rings (SSSR count). The summed E-state index contributed by atoms with van der Waals surface area (Å²) in [6.45, 7) is 1.78. The molecule has 3 heterocycles. The lowest BCUT2D eigenvalue weighted by Crippen LogP contribution is -2.45. The molecule has 1 saturated heterocycles. The summed E-state index contributed by atoms with van der Waals surface area (Å²) >= 11 is 0. The standard InChI is InChI=1S/C21H21F2N5O2/c22-18(23)20-26-25-19(30-20)15-9-10-16(24-13-15)14-28(17-7-3-1-4-8-17)21(29)27-11-5-2-6-12-27/h1,3-4,7-10,13,18H,2,5-6,11-12,14H2. The van der Waals surface area contributed by atoms with Crippen LogP contribution in [0.4, 0.5) is 19.3 Å². The van der Waals surface area contributed by atoms with Crippen molar-refractivity contribution in [1.82, 2.24) is 20.1 Å². The van der Waals surface area contributed by atoms with Crippen molar-refractivity contribution in [3.63, 3.8) is 0 Å². The van der Waals surface area contributed by atoms with Crippen LogP contribution in [0.25, 0.3) is 11.5 Å². The zero-order valence-electron chi connectivity index (χ0n) is 16.2. The Kier molecular flexibility index (Phi) is 5.97. The van der Waals surface area contributed by atoms with Crippen LogP contribution in [-0.2, 0) is 6.54 Å². The second kappa shape index (κ2) is 8.98. The van der Waals surface area contributed by atoms with Gasteiger partial charge in [0.25, 0.3) is 5.89 Å². The highest BCUT2D eigenvalue weighted by Gasteiger charge is 2.24. The highest BCUT2D eigenvalue weighted by molar-refractivity contribution is 5.91. The first-order chi connectivity index (χ1) is 14.6. The van der Waals surface area contributed by atoms with Gasteiger partial charge in [-0.2, -0.15) is 8.78 Å². The summed E-state index contributed by atoms with van der Waals surface area (Å²) in [5.41, 5.74) is 1.88. The first-order valence-corrected chi connectivity index (χ1v) is 9.80. The molecule has 0 spiro atoms. The SMILES string of the molecule is O=C(N1CCCCC1)N(Cc1ccc(-c2nnc(C(F)F)o2)cn1)c1ccccc1. The fourth-order valence-corrected chi connectivity index (χ4v) is 3.38. The number of para-hydroxylation sites is 1. The van der Waals surface area contributed by atoms with E-state index in [-0.39, 0.29) is 18.5 Å². The van der Waals surface area contributed by atoms with Gasteiger partial charge in [0.05, 0.1) is 17.8 Å². The van der Waals surface area contributed by atoms with E-state index < -0.39 is 12.3 Å². The largest absolute Gasteiger partial charge is 0.415 e. The van der Waals surface area contributed by atoms with E-state index >= 15 is 0 Å². The first-order valence-electron chi connectivity index (χ1n) is 9.80. The van der Waals surface area contributed by atoms with E-state index in [1.807, 2.05) is 35.2 Å². The van der Waals surface area contributed by atoms with Gasteiger partial charge in [-0.15, -0.1) is 10.2 Å². The normalized spacial score (nSPS) is 14.2. The Hall–Kier alpha value is -3.36. The number of anilines is 1. The fraction of sp³-hybridized carbons (Fsp3) is 0.333. The van der Waals surface area contributed by atoms with Gasteiger partial charge in [-0.05, 0) is 43.5 Å². The molecule has 1 aromatic carbocycles. The molecule has 2 amide bonds. The topological polar surface area (TPSA) is 75.4 Å². The van der Waals surface area contributed by atoms with Gasteiger partial charge in [0.1, 0.15) is 0 Å². The van der Waals surface area contributed by atoms with E-state index in [0.717, 1.165) is 38.0 Å². The van der Waals surface area contributed by atoms with Crippen LogP contribution in [0.5, 0.6) is 0 Å². The molecule has 0 saturated carbocycles. The molecule has 0 bridgehead atoms. The van der Waals surface area contributed by atoms with Gasteiger partial charge in [0.2, 0.25) is 5.89 Å². The van der Waals surface area contributed by atoms with Crippen molar-refractivity contribution in [3.05, 3.63) is 60.2 Å². The van der Waals surface area contributed by atoms with Crippen LogP contribution in [0, 0.1) is 0 Å². The third-order valence-corrected chi connectivity index (χ3v) is 4.94. The number of urea groups is 1. The Balaban J connectivity index is 1.54. The minimum Gasteiger partial charge on any atom is -0.415 e. The van der Waals surface area contributed by atoms with Gasteiger partial charge in [0, 0.05) is 25.0 Å². The van der Waals surface area contributed by atoms with E-state index in [1.165, 1.54) is 6.20 Å². The summed E-state index contributed by atoms with van der Waals surface area (Å²) in [5, 5.41) is 6.95. The maximum atomic E-state index is 13.2. The molecule has 2 aromatic heterocycles. The van der Waals surface area contributed by atoms with Crippen LogP contribution < -0.4 is 4.90 Å². The van der Waals surface area contributed by atoms with Gasteiger partial charge >= 0.3 is 12.5 Å². The number of rotatable bonds is 5. The smallest absolute Gasteiger partial charge is 0.324 e. The Morgan fingerprint density at radius 2 is 1.83 bits per heavy atom. The van der Waals surface area contributed by atoms with Crippen molar-refractivity contribution < 1.29 is 18.0 Å². The lowest BCUT2D eigenvalue weighted by Gasteiger charge is -2.33. The van der Waals surface area contributed by atoms with Gasteiger partial charge in [0.15, 0.2) is 0 Å². The summed E-state index contributed by atoms with van der Waals surface area (Å²) in [6.07, 6.45) is 1.81. The third kappa shape index (κ3) is 4.45. The van der Waals surface area contributed by atoms with E-state index in [4.69, 9.17) is 4.42 Å². The number of alkyl halides is 2. The molecule has 1 aliphatic heterocycles. The summed E-state index contributed by atoms with van der Waals surface area (Å²) < 4.78 is 30.2. The molecule has 1 aliphatic rings. The molecule has 1 fully saturated rings. The molecule has 7 nitrogen and oxygen atoms in total. The number of nitrogens with zero attached hydrogens (tertiary/aromatic N) is 5. The highest BCUT2D eigenvalue weighted by atomic mass is 19.3. The number of halogens is 2. The molecule has 156 valence electrons. The number of pyridine rings is 1. The molecule has 0 aliphatic carbocycles. The van der Waals surface area contributed by atoms with Crippen molar-refractivity contribution >= 4 is 11.7 Å². The van der Waals surface area contributed by atoms with Crippen molar-refractivity contribution in [3.8, 4) is 11.5 Å². The number of piperidine rings is 1. The average Bonchev–Trinajstić information content (AvgIpc) is 3.29. The molecular formula is C21H21F2N5O2. The van der Waals surface area contributed by atoms with E-state index in [9.17, 15) is 13.6 Å². The predicted molar refractivity (Wildman–Crippen MR) is 106 cm³/mol. The third-order valence-electron chi connectivity index (χ3n) is 4.94. The minimum absolute atomic E-state index is 0.0198. The van der Waals surface area contributed by atoms with Gasteiger partial charge in [-0.3, -0.25) is 9.88 Å². The molecule has 0 N–H and O–H groups in total. The highest BCUT2D eigenvalue weighted by Crippen LogP contribution is 2.24. The summed E-state index contributed by atoms with van der Waals surface area (Å²) in [4.78, 5) is 21.1. The number of benzene rings is 1. The number of amides is 2. The zero-order valence-corrected chi connectivity index (χ0v) is 16.2. The van der Waals surface area contributed by atoms with Gasteiger partial charge in [-0.25, -0.2) is 4.79 Å². The van der Waals surface area contributed by atoms with Crippen molar-refractivity contribution in [2.75, 3.05) is 18.0 Å². The van der Waals surface area contributed by atoms with Gasteiger partial charge in [-0.1, -0.05) is 18.2 Å². The number of carbonyl (C=O) groups excluding carboxylic acids is 1. The van der Waals surface area contributed by atoms with Crippen molar-refractivity contribution in [2.24, 2.45) is 0 Å². The van der Waals surface area contributed by atoms with E-state index in [1.54, 1.807) is 17.0 Å². The van der Waals surface area contributed by atoms with Crippen LogP contribution in [0.3, 0.4) is 0 Å². The Morgan fingerprint density at radius 1 is 1.07 bits per heavy atom. The molecule has 0 unspecified atom stereocenters. The second-order valence-electron chi connectivity index (χ2n) is 7.04. The van der Waals surface area contributed by atoms with Crippen LogP contribution >= 0.6 is 0 Å². The lowest BCUT2D eigenvalue weighted by molar-refractivity contribution is 0.116. The Morgan fingerprint density at radius 3 is 2.47 bits per heavy atom. The molecule has 30 heavy (non-hydrogen) atoms. The van der Waals surface area contributed by atoms with Gasteiger partial charge < -0.3 is 9.32 Å². The number of hydrogen-bond donors (Lipinski definition) is 0. The Labute approximate surface area is 172 Å². The van der Waals surface area contributed by atoms with Crippen LogP contribution in [0.15, 0.2) is 53.1 Å². The average molecular weight is 413 g/mol. The molecule has 3 aromatic rings. The van der Waals surface area contributed by atoms with Crippen molar-refractivity contribution in [1.29, 1.82) is 0 Å². The Bertz CT molecular complexity index is 973. The quantitative estimate of drug-likeness (QED) is 0.607. The molecule has 9 heteroatoms. The monoisotopic (exact) mass is 413 g/mol. The molecule has 0 atom stereocenters. The number of hydrogen-bond acceptors (Lipinski definition) is 5. The van der Waals surface area contributed by atoms with E-state index in [0.29, 0.717) is 11.3 Å². The number of likely N-dealkylation sites (tertiary alicyclic amines) is 1. The summed E-state index contributed by atoms with van der Waals surface area (Å²) in [7, 11) is 0. The summed E-state index contributed by atoms with van der Waals surface area (Å²) in [5.74, 6) is -0.745. The lowest BCUT2D eigenvalue weighted by atomic mass is 10.1. The number of aromatic nitrogens is 3. The van der Waals surface area contributed by atoms with Crippen LogP contribution in [-0.4, -0.2) is 39.2 Å². The maximum Gasteiger partial charge on any atom is 0.324 e.